The van der Waals surface area contributed by atoms with Crippen LogP contribution in [0, 0.1) is 0 Å². The second-order valence-electron chi connectivity index (χ2n) is 2.77. The Morgan fingerprint density at radius 1 is 1.42 bits per heavy atom. The molecule has 0 saturated heterocycles. The maximum absolute atomic E-state index is 10.3. The number of ether oxygens (including phenoxy) is 1. The van der Waals surface area contributed by atoms with Crippen molar-refractivity contribution < 1.29 is 9.53 Å². The Hall–Kier alpha value is -1.05. The number of hydrogen-bond donors (Lipinski definition) is 0. The first-order valence-electron chi connectivity index (χ1n) is 4.05. The van der Waals surface area contributed by atoms with Crippen LogP contribution >= 0.6 is 0 Å². The van der Waals surface area contributed by atoms with Crippen molar-refractivity contribution in [3.8, 4) is 0 Å². The molecule has 0 aliphatic carbocycles. The Bertz CT molecular complexity index is 160. The zero-order chi connectivity index (χ0) is 9.40. The zero-order valence-corrected chi connectivity index (χ0v) is 7.80. The molecule has 68 valence electrons. The molecule has 0 spiro atoms. The Labute approximate surface area is 73.9 Å². The SMILES string of the molecule is C=C(C)CC/C=C/COC(C)=O. The molecule has 0 atom stereocenters. The van der Waals surface area contributed by atoms with E-state index < -0.39 is 0 Å². The summed E-state index contributed by atoms with van der Waals surface area (Å²) in [6.07, 6.45) is 5.81. The Morgan fingerprint density at radius 3 is 2.58 bits per heavy atom. The molecule has 0 rings (SSSR count). The van der Waals surface area contributed by atoms with Gasteiger partial charge in [-0.2, -0.15) is 0 Å². The average Bonchev–Trinajstić information content (AvgIpc) is 1.95. The van der Waals surface area contributed by atoms with E-state index in [2.05, 4.69) is 6.58 Å². The summed E-state index contributed by atoms with van der Waals surface area (Å²) in [7, 11) is 0. The van der Waals surface area contributed by atoms with Crippen LogP contribution in [0.25, 0.3) is 0 Å². The van der Waals surface area contributed by atoms with Gasteiger partial charge in [0.15, 0.2) is 0 Å². The predicted molar refractivity (Wildman–Crippen MR) is 49.8 cm³/mol. The number of allylic oxidation sites excluding steroid dienone is 2. The van der Waals surface area contributed by atoms with E-state index in [1.54, 1.807) is 0 Å². The van der Waals surface area contributed by atoms with Crippen molar-refractivity contribution in [2.45, 2.75) is 26.7 Å². The third kappa shape index (κ3) is 8.95. The van der Waals surface area contributed by atoms with E-state index >= 15 is 0 Å². The molecule has 0 aromatic rings. The standard InChI is InChI=1S/C10H16O2/c1-9(2)7-5-4-6-8-12-10(3)11/h4,6H,1,5,7-8H2,2-3H3/b6-4+. The van der Waals surface area contributed by atoms with E-state index in [1.165, 1.54) is 12.5 Å². The minimum atomic E-state index is -0.237. The molecule has 0 unspecified atom stereocenters. The Kier molecular flexibility index (Phi) is 6.07. The van der Waals surface area contributed by atoms with Crippen molar-refractivity contribution in [2.24, 2.45) is 0 Å². The molecule has 0 aliphatic rings. The summed E-state index contributed by atoms with van der Waals surface area (Å²) in [5.41, 5.74) is 1.17. The van der Waals surface area contributed by atoms with Crippen molar-refractivity contribution in [1.29, 1.82) is 0 Å². The van der Waals surface area contributed by atoms with Gasteiger partial charge in [-0.1, -0.05) is 17.7 Å². The molecule has 0 aromatic heterocycles. The lowest BCUT2D eigenvalue weighted by Gasteiger charge is -1.95. The van der Waals surface area contributed by atoms with E-state index in [1.807, 2.05) is 19.1 Å². The first-order chi connectivity index (χ1) is 5.63. The average molecular weight is 168 g/mol. The van der Waals surface area contributed by atoms with Crippen LogP contribution in [0.4, 0.5) is 0 Å². The Morgan fingerprint density at radius 2 is 2.08 bits per heavy atom. The molecule has 0 N–H and O–H groups in total. The number of carbonyl (C=O) groups excluding carboxylic acids is 1. The predicted octanol–water partition coefficient (Wildman–Crippen LogP) is 2.46. The minimum Gasteiger partial charge on any atom is -0.462 e. The minimum absolute atomic E-state index is 0.237. The largest absolute Gasteiger partial charge is 0.462 e. The number of carbonyl (C=O) groups is 1. The van der Waals surface area contributed by atoms with Gasteiger partial charge in [0.2, 0.25) is 0 Å². The van der Waals surface area contributed by atoms with Crippen molar-refractivity contribution in [3.05, 3.63) is 24.3 Å². The fraction of sp³-hybridized carbons (Fsp3) is 0.500. The van der Waals surface area contributed by atoms with Gasteiger partial charge in [-0.25, -0.2) is 0 Å². The normalized spacial score (nSPS) is 10.2. The van der Waals surface area contributed by atoms with Gasteiger partial charge in [-0.05, 0) is 19.8 Å². The summed E-state index contributed by atoms with van der Waals surface area (Å²) in [5, 5.41) is 0. The lowest BCUT2D eigenvalue weighted by Crippen LogP contribution is -1.97. The van der Waals surface area contributed by atoms with E-state index in [0.717, 1.165) is 12.8 Å². The zero-order valence-electron chi connectivity index (χ0n) is 7.80. The fourth-order valence-electron chi connectivity index (χ4n) is 0.681. The highest BCUT2D eigenvalue weighted by atomic mass is 16.5. The molecule has 0 heterocycles. The van der Waals surface area contributed by atoms with Crippen LogP contribution in [0.5, 0.6) is 0 Å². The van der Waals surface area contributed by atoms with Gasteiger partial charge in [-0.15, -0.1) is 6.58 Å². The summed E-state index contributed by atoms with van der Waals surface area (Å²) in [4.78, 5) is 10.3. The van der Waals surface area contributed by atoms with Crippen LogP contribution in [0.3, 0.4) is 0 Å². The molecule has 0 fully saturated rings. The van der Waals surface area contributed by atoms with E-state index in [9.17, 15) is 4.79 Å². The second-order valence-corrected chi connectivity index (χ2v) is 2.77. The number of rotatable bonds is 5. The van der Waals surface area contributed by atoms with Crippen molar-refractivity contribution >= 4 is 5.97 Å². The van der Waals surface area contributed by atoms with Gasteiger partial charge in [-0.3, -0.25) is 4.79 Å². The molecule has 0 aliphatic heterocycles. The highest BCUT2D eigenvalue weighted by Gasteiger charge is 1.86. The van der Waals surface area contributed by atoms with Crippen molar-refractivity contribution in [3.63, 3.8) is 0 Å². The molecule has 12 heavy (non-hydrogen) atoms. The van der Waals surface area contributed by atoms with Crippen LogP contribution in [0.2, 0.25) is 0 Å². The van der Waals surface area contributed by atoms with E-state index in [0.29, 0.717) is 6.61 Å². The van der Waals surface area contributed by atoms with Gasteiger partial charge in [0.1, 0.15) is 6.61 Å². The van der Waals surface area contributed by atoms with Gasteiger partial charge in [0.25, 0.3) is 0 Å². The van der Waals surface area contributed by atoms with Gasteiger partial charge in [0, 0.05) is 6.92 Å². The molecule has 2 nitrogen and oxygen atoms in total. The molecule has 2 heteroatoms. The highest BCUT2D eigenvalue weighted by Crippen LogP contribution is 2.00. The van der Waals surface area contributed by atoms with Gasteiger partial charge < -0.3 is 4.74 Å². The van der Waals surface area contributed by atoms with Crippen molar-refractivity contribution in [1.82, 2.24) is 0 Å². The summed E-state index contributed by atoms with van der Waals surface area (Å²) in [6.45, 7) is 7.57. The number of hydrogen-bond acceptors (Lipinski definition) is 2. The quantitative estimate of drug-likeness (QED) is 0.465. The molecular formula is C10H16O2. The topological polar surface area (TPSA) is 26.3 Å². The van der Waals surface area contributed by atoms with Crippen molar-refractivity contribution in [2.75, 3.05) is 6.61 Å². The molecule has 0 amide bonds. The smallest absolute Gasteiger partial charge is 0.302 e. The molecular weight excluding hydrogens is 152 g/mol. The van der Waals surface area contributed by atoms with E-state index in [4.69, 9.17) is 4.74 Å². The van der Waals surface area contributed by atoms with Gasteiger partial charge >= 0.3 is 5.97 Å². The summed E-state index contributed by atoms with van der Waals surface area (Å²) in [6, 6.07) is 0. The number of esters is 1. The fourth-order valence-corrected chi connectivity index (χ4v) is 0.681. The van der Waals surface area contributed by atoms with Crippen LogP contribution in [-0.4, -0.2) is 12.6 Å². The van der Waals surface area contributed by atoms with Crippen LogP contribution < -0.4 is 0 Å². The second kappa shape index (κ2) is 6.65. The summed E-state index contributed by atoms with van der Waals surface area (Å²) in [5.74, 6) is -0.237. The van der Waals surface area contributed by atoms with Crippen LogP contribution in [0.1, 0.15) is 26.7 Å². The van der Waals surface area contributed by atoms with Crippen LogP contribution in [-0.2, 0) is 9.53 Å². The lowest BCUT2D eigenvalue weighted by molar-refractivity contribution is -0.139. The molecule has 0 radical (unpaired) electrons. The summed E-state index contributed by atoms with van der Waals surface area (Å²) < 4.78 is 4.70. The van der Waals surface area contributed by atoms with Gasteiger partial charge in [0.05, 0.1) is 0 Å². The molecule has 0 aromatic carbocycles. The van der Waals surface area contributed by atoms with Crippen LogP contribution in [0.15, 0.2) is 24.3 Å². The molecule has 0 bridgehead atoms. The maximum atomic E-state index is 10.3. The van der Waals surface area contributed by atoms with E-state index in [-0.39, 0.29) is 5.97 Å². The third-order valence-electron chi connectivity index (χ3n) is 1.29. The monoisotopic (exact) mass is 168 g/mol. The Balaban J connectivity index is 3.26. The first kappa shape index (κ1) is 11.0. The third-order valence-corrected chi connectivity index (χ3v) is 1.29. The lowest BCUT2D eigenvalue weighted by atomic mass is 10.2. The maximum Gasteiger partial charge on any atom is 0.302 e. The molecule has 0 saturated carbocycles. The highest BCUT2D eigenvalue weighted by molar-refractivity contribution is 5.65. The first-order valence-corrected chi connectivity index (χ1v) is 4.05. The summed E-state index contributed by atoms with van der Waals surface area (Å²) >= 11 is 0.